The van der Waals surface area contributed by atoms with E-state index in [2.05, 4.69) is 9.71 Å². The van der Waals surface area contributed by atoms with Crippen LogP contribution in [0.4, 0.5) is 15.8 Å². The van der Waals surface area contributed by atoms with Crippen molar-refractivity contribution in [3.8, 4) is 11.5 Å². The summed E-state index contributed by atoms with van der Waals surface area (Å²) in [5.74, 6) is -0.443. The molecule has 0 radical (unpaired) electrons. The molecule has 0 aliphatic heterocycles. The number of phenolic OH excluding ortho intramolecular Hbond substituents is 1. The fraction of sp³-hybridized carbons (Fsp3) is 0.0500. The third-order valence-electron chi connectivity index (χ3n) is 3.85. The minimum Gasteiger partial charge on any atom is -0.504 e. The summed E-state index contributed by atoms with van der Waals surface area (Å²) < 4.78 is 46.1. The van der Waals surface area contributed by atoms with Gasteiger partial charge in [0.15, 0.2) is 11.5 Å². The zero-order chi connectivity index (χ0) is 20.1. The highest BCUT2D eigenvalue weighted by Crippen LogP contribution is 2.29. The van der Waals surface area contributed by atoms with E-state index in [1.54, 1.807) is 24.3 Å². The van der Waals surface area contributed by atoms with Crippen LogP contribution >= 0.6 is 0 Å². The summed E-state index contributed by atoms with van der Waals surface area (Å²) in [7, 11) is -2.56. The van der Waals surface area contributed by atoms with E-state index in [-0.39, 0.29) is 16.3 Å². The predicted octanol–water partition coefficient (Wildman–Crippen LogP) is 4.09. The summed E-state index contributed by atoms with van der Waals surface area (Å²) in [6.45, 7) is 0. The monoisotopic (exact) mass is 400 g/mol. The van der Waals surface area contributed by atoms with Gasteiger partial charge in [0.05, 0.1) is 23.4 Å². The Balaban J connectivity index is 1.87. The molecule has 0 saturated carbocycles. The molecule has 0 aromatic heterocycles. The number of anilines is 1. The van der Waals surface area contributed by atoms with Crippen LogP contribution in [0.3, 0.4) is 0 Å². The number of phenols is 1. The molecule has 144 valence electrons. The molecule has 3 aromatic carbocycles. The van der Waals surface area contributed by atoms with Gasteiger partial charge in [0.2, 0.25) is 0 Å². The van der Waals surface area contributed by atoms with Crippen molar-refractivity contribution < 1.29 is 22.7 Å². The van der Waals surface area contributed by atoms with Gasteiger partial charge in [-0.15, -0.1) is 0 Å². The number of methoxy groups -OCH3 is 1. The Labute approximate surface area is 162 Å². The number of benzene rings is 3. The van der Waals surface area contributed by atoms with Gasteiger partial charge >= 0.3 is 0 Å². The summed E-state index contributed by atoms with van der Waals surface area (Å²) >= 11 is 0. The first-order valence-corrected chi connectivity index (χ1v) is 9.66. The highest BCUT2D eigenvalue weighted by atomic mass is 32.2. The lowest BCUT2D eigenvalue weighted by atomic mass is 10.2. The van der Waals surface area contributed by atoms with Crippen LogP contribution in [0.1, 0.15) is 5.56 Å². The lowest BCUT2D eigenvalue weighted by molar-refractivity contribution is 0.373. The van der Waals surface area contributed by atoms with Crippen LogP contribution < -0.4 is 9.46 Å². The van der Waals surface area contributed by atoms with Gasteiger partial charge in [-0.1, -0.05) is 24.3 Å². The Morgan fingerprint density at radius 3 is 2.57 bits per heavy atom. The Hall–Kier alpha value is -3.39. The number of para-hydroxylation sites is 2. The molecule has 0 bridgehead atoms. The number of hydrogen-bond acceptors (Lipinski definition) is 5. The van der Waals surface area contributed by atoms with Gasteiger partial charge in [-0.25, -0.2) is 12.8 Å². The minimum absolute atomic E-state index is 0.0692. The number of ether oxygens (including phenoxy) is 1. The summed E-state index contributed by atoms with van der Waals surface area (Å²) in [5, 5.41) is 10.1. The molecule has 2 N–H and O–H groups in total. The fourth-order valence-corrected chi connectivity index (χ4v) is 3.54. The normalized spacial score (nSPS) is 11.5. The average molecular weight is 400 g/mol. The largest absolute Gasteiger partial charge is 0.504 e. The second kappa shape index (κ2) is 8.10. The number of hydrogen-bond donors (Lipinski definition) is 2. The summed E-state index contributed by atoms with van der Waals surface area (Å²) in [6, 6.07) is 16.3. The van der Waals surface area contributed by atoms with Crippen LogP contribution in [0.5, 0.6) is 11.5 Å². The van der Waals surface area contributed by atoms with Crippen molar-refractivity contribution in [2.75, 3.05) is 11.8 Å². The molecule has 3 rings (SSSR count). The molecule has 0 fully saturated rings. The Kier molecular flexibility index (Phi) is 5.60. The molecule has 0 aliphatic carbocycles. The quantitative estimate of drug-likeness (QED) is 0.610. The van der Waals surface area contributed by atoms with Crippen molar-refractivity contribution in [1.29, 1.82) is 0 Å². The second-order valence-electron chi connectivity index (χ2n) is 5.74. The van der Waals surface area contributed by atoms with Crippen LogP contribution in [0.2, 0.25) is 0 Å². The van der Waals surface area contributed by atoms with Crippen molar-refractivity contribution >= 4 is 27.6 Å². The van der Waals surface area contributed by atoms with Gasteiger partial charge in [0.1, 0.15) is 5.82 Å². The van der Waals surface area contributed by atoms with E-state index in [9.17, 15) is 17.9 Å². The van der Waals surface area contributed by atoms with E-state index in [1.165, 1.54) is 55.8 Å². The van der Waals surface area contributed by atoms with E-state index >= 15 is 0 Å². The zero-order valence-corrected chi connectivity index (χ0v) is 15.7. The molecule has 0 spiro atoms. The van der Waals surface area contributed by atoms with Crippen LogP contribution in [0.15, 0.2) is 76.6 Å². The zero-order valence-electron chi connectivity index (χ0n) is 14.8. The van der Waals surface area contributed by atoms with E-state index in [1.807, 2.05) is 0 Å². The average Bonchev–Trinajstić information content (AvgIpc) is 2.69. The third kappa shape index (κ3) is 4.29. The number of aromatic hydroxyl groups is 1. The first kappa shape index (κ1) is 19.4. The van der Waals surface area contributed by atoms with E-state index in [0.717, 1.165) is 0 Å². The van der Waals surface area contributed by atoms with Gasteiger partial charge in [-0.3, -0.25) is 9.71 Å². The van der Waals surface area contributed by atoms with Crippen molar-refractivity contribution in [3.63, 3.8) is 0 Å². The smallest absolute Gasteiger partial charge is 0.262 e. The number of nitrogens with one attached hydrogen (secondary N) is 1. The molecule has 0 heterocycles. The van der Waals surface area contributed by atoms with Crippen molar-refractivity contribution in [3.05, 3.63) is 78.1 Å². The van der Waals surface area contributed by atoms with Gasteiger partial charge in [0.25, 0.3) is 10.0 Å². The molecular formula is C20H17FN2O4S. The molecule has 28 heavy (non-hydrogen) atoms. The first-order valence-electron chi connectivity index (χ1n) is 8.18. The predicted molar refractivity (Wildman–Crippen MR) is 106 cm³/mol. The van der Waals surface area contributed by atoms with E-state index in [4.69, 9.17) is 4.74 Å². The van der Waals surface area contributed by atoms with Gasteiger partial charge in [-0.05, 0) is 42.5 Å². The van der Waals surface area contributed by atoms with E-state index in [0.29, 0.717) is 17.0 Å². The number of rotatable bonds is 6. The maximum Gasteiger partial charge on any atom is 0.262 e. The molecule has 8 heteroatoms. The summed E-state index contributed by atoms with van der Waals surface area (Å²) in [4.78, 5) is 4.14. The highest BCUT2D eigenvalue weighted by molar-refractivity contribution is 7.92. The maximum atomic E-state index is 13.7. The molecule has 0 atom stereocenters. The molecule has 0 aliphatic rings. The fourth-order valence-electron chi connectivity index (χ4n) is 2.43. The molecule has 0 unspecified atom stereocenters. The van der Waals surface area contributed by atoms with Crippen LogP contribution in [0.25, 0.3) is 0 Å². The van der Waals surface area contributed by atoms with Crippen molar-refractivity contribution in [2.45, 2.75) is 4.90 Å². The van der Waals surface area contributed by atoms with Gasteiger partial charge < -0.3 is 9.84 Å². The summed E-state index contributed by atoms with van der Waals surface area (Å²) in [5.41, 5.74) is 0.619. The van der Waals surface area contributed by atoms with Gasteiger partial charge in [-0.2, -0.15) is 0 Å². The molecular weight excluding hydrogens is 383 g/mol. The van der Waals surface area contributed by atoms with Crippen molar-refractivity contribution in [2.24, 2.45) is 4.99 Å². The molecule has 6 nitrogen and oxygen atoms in total. The Bertz CT molecular complexity index is 1130. The standard InChI is InChI=1S/C20H17FN2O4S/c1-27-19-11-4-6-14(20(19)24)13-22-15-7-5-8-16(12-15)28(25,26)23-18-10-3-2-9-17(18)21/h2-13,23-24H,1H3. The summed E-state index contributed by atoms with van der Waals surface area (Å²) in [6.07, 6.45) is 1.40. The van der Waals surface area contributed by atoms with E-state index < -0.39 is 15.8 Å². The van der Waals surface area contributed by atoms with Crippen molar-refractivity contribution in [1.82, 2.24) is 0 Å². The van der Waals surface area contributed by atoms with Crippen LogP contribution in [0, 0.1) is 5.82 Å². The lowest BCUT2D eigenvalue weighted by Gasteiger charge is -2.09. The second-order valence-corrected chi connectivity index (χ2v) is 7.42. The third-order valence-corrected chi connectivity index (χ3v) is 5.21. The number of nitrogens with zero attached hydrogens (tertiary/aromatic N) is 1. The lowest BCUT2D eigenvalue weighted by Crippen LogP contribution is -2.13. The SMILES string of the molecule is COc1cccc(C=Nc2cccc(S(=O)(=O)Nc3ccccc3F)c2)c1O. The van der Waals surface area contributed by atoms with Crippen LogP contribution in [-0.4, -0.2) is 26.8 Å². The first-order chi connectivity index (χ1) is 13.4. The van der Waals surface area contributed by atoms with Crippen LogP contribution in [-0.2, 0) is 10.0 Å². The molecule has 3 aromatic rings. The topological polar surface area (TPSA) is 88.0 Å². The number of aliphatic imine (C=N–C) groups is 1. The number of sulfonamides is 1. The molecule has 0 saturated heterocycles. The molecule has 0 amide bonds. The van der Waals surface area contributed by atoms with Gasteiger partial charge in [0, 0.05) is 11.8 Å². The minimum atomic E-state index is -3.99. The number of halogens is 1. The Morgan fingerprint density at radius 2 is 1.82 bits per heavy atom. The Morgan fingerprint density at radius 1 is 1.07 bits per heavy atom. The highest BCUT2D eigenvalue weighted by Gasteiger charge is 2.16. The maximum absolute atomic E-state index is 13.7.